The monoisotopic (exact) mass is 236 g/mol. The van der Waals surface area contributed by atoms with E-state index >= 15 is 0 Å². The van der Waals surface area contributed by atoms with E-state index in [0.29, 0.717) is 23.7 Å². The Morgan fingerprint density at radius 2 is 2.38 bits per heavy atom. The fraction of sp³-hybridized carbons (Fsp3) is 0.333. The van der Waals surface area contributed by atoms with Crippen molar-refractivity contribution in [2.45, 2.75) is 25.7 Å². The molecule has 0 fully saturated rings. The first kappa shape index (κ1) is 12.5. The molecular weight excluding hydrogens is 224 g/mol. The van der Waals surface area contributed by atoms with Gasteiger partial charge >= 0.3 is 0 Å². The number of anilines is 1. The summed E-state index contributed by atoms with van der Waals surface area (Å²) in [5.41, 5.74) is 0.668. The Hall–Kier alpha value is -1.53. The van der Waals surface area contributed by atoms with Crippen LogP contribution >= 0.6 is 11.6 Å². The molecule has 1 N–H and O–H groups in total. The van der Waals surface area contributed by atoms with Gasteiger partial charge in [0.25, 0.3) is 0 Å². The highest BCUT2D eigenvalue weighted by atomic mass is 35.5. The van der Waals surface area contributed by atoms with E-state index in [2.05, 4.69) is 16.2 Å². The Morgan fingerprint density at radius 1 is 1.56 bits per heavy atom. The predicted molar refractivity (Wildman–Crippen MR) is 65.2 cm³/mol. The van der Waals surface area contributed by atoms with Crippen molar-refractivity contribution in [1.29, 1.82) is 0 Å². The maximum absolute atomic E-state index is 11.5. The zero-order chi connectivity index (χ0) is 11.8. The molecule has 0 saturated carbocycles. The van der Waals surface area contributed by atoms with Gasteiger partial charge in [0.1, 0.15) is 5.15 Å². The average molecular weight is 237 g/mol. The number of pyridine rings is 1. The quantitative estimate of drug-likeness (QED) is 0.485. The molecule has 1 aromatic rings. The number of carbonyl (C=O) groups is 1. The summed E-state index contributed by atoms with van der Waals surface area (Å²) in [6.45, 7) is 0. The van der Waals surface area contributed by atoms with Crippen LogP contribution in [0.25, 0.3) is 0 Å². The highest BCUT2D eigenvalue weighted by Crippen LogP contribution is 2.12. The molecule has 0 spiro atoms. The first-order valence-electron chi connectivity index (χ1n) is 5.07. The molecule has 4 heteroatoms. The lowest BCUT2D eigenvalue weighted by atomic mass is 10.2. The number of terminal acetylenes is 1. The second kappa shape index (κ2) is 6.86. The Kier molecular flexibility index (Phi) is 5.38. The van der Waals surface area contributed by atoms with Crippen LogP contribution in [0.1, 0.15) is 25.7 Å². The van der Waals surface area contributed by atoms with Gasteiger partial charge < -0.3 is 5.32 Å². The van der Waals surface area contributed by atoms with Gasteiger partial charge in [0.15, 0.2) is 0 Å². The van der Waals surface area contributed by atoms with Gasteiger partial charge in [-0.15, -0.1) is 12.3 Å². The first-order chi connectivity index (χ1) is 7.72. The van der Waals surface area contributed by atoms with Crippen molar-refractivity contribution in [1.82, 2.24) is 4.98 Å². The van der Waals surface area contributed by atoms with Gasteiger partial charge in [-0.2, -0.15) is 0 Å². The van der Waals surface area contributed by atoms with Crippen LogP contribution in [0.3, 0.4) is 0 Å². The van der Waals surface area contributed by atoms with Crippen LogP contribution in [0.5, 0.6) is 0 Å². The lowest BCUT2D eigenvalue weighted by Gasteiger charge is -2.04. The Labute approximate surface area is 100 Å². The first-order valence-corrected chi connectivity index (χ1v) is 5.45. The zero-order valence-corrected chi connectivity index (χ0v) is 9.63. The third-order valence-electron chi connectivity index (χ3n) is 1.99. The van der Waals surface area contributed by atoms with Crippen LogP contribution in [0, 0.1) is 12.3 Å². The fourth-order valence-electron chi connectivity index (χ4n) is 1.22. The maximum Gasteiger partial charge on any atom is 0.224 e. The van der Waals surface area contributed by atoms with Crippen LogP contribution in [0.2, 0.25) is 5.15 Å². The molecule has 0 saturated heterocycles. The van der Waals surface area contributed by atoms with Gasteiger partial charge in [-0.25, -0.2) is 4.98 Å². The summed E-state index contributed by atoms with van der Waals surface area (Å²) in [6.07, 6.45) is 9.53. The standard InChI is InChI=1S/C12H13ClN2O/c1-2-3-4-5-6-12(16)15-10-7-8-14-11(13)9-10/h1,7-9H,3-6H2,(H,14,15,16). The summed E-state index contributed by atoms with van der Waals surface area (Å²) in [4.78, 5) is 15.3. The minimum atomic E-state index is -0.0284. The zero-order valence-electron chi connectivity index (χ0n) is 8.87. The molecule has 0 aliphatic heterocycles. The third kappa shape index (κ3) is 4.81. The van der Waals surface area contributed by atoms with Crippen molar-refractivity contribution in [2.75, 3.05) is 5.32 Å². The van der Waals surface area contributed by atoms with Crippen molar-refractivity contribution in [3.05, 3.63) is 23.5 Å². The second-order valence-corrected chi connectivity index (χ2v) is 3.71. The van der Waals surface area contributed by atoms with E-state index in [1.165, 1.54) is 0 Å². The molecule has 0 aliphatic carbocycles. The fourth-order valence-corrected chi connectivity index (χ4v) is 1.39. The van der Waals surface area contributed by atoms with Gasteiger partial charge in [-0.05, 0) is 25.0 Å². The number of nitrogens with zero attached hydrogens (tertiary/aromatic N) is 1. The lowest BCUT2D eigenvalue weighted by Crippen LogP contribution is -2.10. The summed E-state index contributed by atoms with van der Waals surface area (Å²) in [6, 6.07) is 3.31. The summed E-state index contributed by atoms with van der Waals surface area (Å²) >= 11 is 5.69. The third-order valence-corrected chi connectivity index (χ3v) is 2.19. The number of rotatable bonds is 5. The van der Waals surface area contributed by atoms with Gasteiger partial charge in [-0.1, -0.05) is 11.6 Å². The molecule has 1 heterocycles. The molecule has 1 aromatic heterocycles. The number of hydrogen-bond donors (Lipinski definition) is 1. The molecule has 0 aliphatic rings. The van der Waals surface area contributed by atoms with E-state index in [1.807, 2.05) is 0 Å². The predicted octanol–water partition coefficient (Wildman–Crippen LogP) is 2.87. The molecule has 1 amide bonds. The number of carbonyl (C=O) groups excluding carboxylic acids is 1. The van der Waals surface area contributed by atoms with Gasteiger partial charge in [-0.3, -0.25) is 4.79 Å². The highest BCUT2D eigenvalue weighted by molar-refractivity contribution is 6.29. The van der Waals surface area contributed by atoms with Gasteiger partial charge in [0.2, 0.25) is 5.91 Å². The molecule has 0 unspecified atom stereocenters. The number of nitrogens with one attached hydrogen (secondary N) is 1. The maximum atomic E-state index is 11.5. The topological polar surface area (TPSA) is 42.0 Å². The largest absolute Gasteiger partial charge is 0.326 e. The summed E-state index contributed by atoms with van der Waals surface area (Å²) < 4.78 is 0. The van der Waals surface area contributed by atoms with Gasteiger partial charge in [0, 0.05) is 24.7 Å². The minimum Gasteiger partial charge on any atom is -0.326 e. The Morgan fingerprint density at radius 3 is 3.06 bits per heavy atom. The molecule has 0 atom stereocenters. The molecule has 0 bridgehead atoms. The minimum absolute atomic E-state index is 0.0284. The molecule has 16 heavy (non-hydrogen) atoms. The molecule has 1 rings (SSSR count). The van der Waals surface area contributed by atoms with Gasteiger partial charge in [0.05, 0.1) is 0 Å². The van der Waals surface area contributed by atoms with Crippen molar-refractivity contribution in [2.24, 2.45) is 0 Å². The highest BCUT2D eigenvalue weighted by Gasteiger charge is 2.02. The average Bonchev–Trinajstić information content (AvgIpc) is 2.24. The van der Waals surface area contributed by atoms with E-state index in [0.717, 1.165) is 12.8 Å². The Bertz CT molecular complexity index is 398. The molecule has 3 nitrogen and oxygen atoms in total. The van der Waals surface area contributed by atoms with E-state index in [1.54, 1.807) is 18.3 Å². The second-order valence-electron chi connectivity index (χ2n) is 3.33. The Balaban J connectivity index is 2.32. The number of unbranched alkanes of at least 4 members (excludes halogenated alkanes) is 2. The number of amides is 1. The van der Waals surface area contributed by atoms with Crippen LogP contribution in [-0.4, -0.2) is 10.9 Å². The van der Waals surface area contributed by atoms with Crippen molar-refractivity contribution < 1.29 is 4.79 Å². The number of aromatic nitrogens is 1. The van der Waals surface area contributed by atoms with Crippen molar-refractivity contribution >= 4 is 23.2 Å². The summed E-state index contributed by atoms with van der Waals surface area (Å²) in [5, 5.41) is 3.11. The van der Waals surface area contributed by atoms with E-state index < -0.39 is 0 Å². The summed E-state index contributed by atoms with van der Waals surface area (Å²) in [7, 11) is 0. The van der Waals surface area contributed by atoms with Crippen LogP contribution in [0.4, 0.5) is 5.69 Å². The smallest absolute Gasteiger partial charge is 0.224 e. The number of hydrogen-bond acceptors (Lipinski definition) is 2. The number of halogens is 1. The SMILES string of the molecule is C#CCCCCC(=O)Nc1ccnc(Cl)c1. The molecule has 84 valence electrons. The van der Waals surface area contributed by atoms with E-state index in [-0.39, 0.29) is 5.91 Å². The molecular formula is C12H13ClN2O. The van der Waals surface area contributed by atoms with E-state index in [9.17, 15) is 4.79 Å². The van der Waals surface area contributed by atoms with Crippen LogP contribution in [0.15, 0.2) is 18.3 Å². The van der Waals surface area contributed by atoms with Crippen LogP contribution < -0.4 is 5.32 Å². The van der Waals surface area contributed by atoms with Crippen molar-refractivity contribution in [3.8, 4) is 12.3 Å². The lowest BCUT2D eigenvalue weighted by molar-refractivity contribution is -0.116. The van der Waals surface area contributed by atoms with Crippen LogP contribution in [-0.2, 0) is 4.79 Å². The van der Waals surface area contributed by atoms with Crippen molar-refractivity contribution in [3.63, 3.8) is 0 Å². The summed E-state index contributed by atoms with van der Waals surface area (Å²) in [5.74, 6) is 2.51. The molecule has 0 radical (unpaired) electrons. The molecule has 0 aromatic carbocycles. The van der Waals surface area contributed by atoms with E-state index in [4.69, 9.17) is 18.0 Å². The normalized spacial score (nSPS) is 9.50.